The average Bonchev–Trinajstić information content (AvgIpc) is 3.25. The van der Waals surface area contributed by atoms with E-state index in [2.05, 4.69) is 52.7 Å². The molecule has 3 atom stereocenters. The Morgan fingerprint density at radius 1 is 1.07 bits per heavy atom. The fraction of sp³-hybridized carbons (Fsp3) is 0.686. The lowest BCUT2D eigenvalue weighted by Crippen LogP contribution is -2.49. The minimum atomic E-state index is -4.55. The lowest BCUT2D eigenvalue weighted by molar-refractivity contribution is -0.167. The molecule has 2 aromatic rings. The average molecular weight is 661 g/mol. The van der Waals surface area contributed by atoms with Crippen LogP contribution in [-0.2, 0) is 35.2 Å². The molecule has 1 unspecified atom stereocenters. The van der Waals surface area contributed by atoms with Crippen molar-refractivity contribution >= 4 is 14.3 Å². The van der Waals surface area contributed by atoms with Gasteiger partial charge in [0.05, 0.1) is 17.4 Å². The van der Waals surface area contributed by atoms with Crippen LogP contribution in [0, 0.1) is 5.41 Å². The third-order valence-corrected chi connectivity index (χ3v) is 15.7. The van der Waals surface area contributed by atoms with E-state index in [1.54, 1.807) is 0 Å². The van der Waals surface area contributed by atoms with Crippen molar-refractivity contribution in [2.24, 2.45) is 5.41 Å². The van der Waals surface area contributed by atoms with Crippen LogP contribution in [-0.4, -0.2) is 37.5 Å². The molecule has 7 nitrogen and oxygen atoms in total. The molecule has 11 heteroatoms. The van der Waals surface area contributed by atoms with Crippen LogP contribution < -0.4 is 0 Å². The number of alkyl halides is 3. The van der Waals surface area contributed by atoms with Gasteiger partial charge in [-0.25, -0.2) is 0 Å². The molecule has 2 aliphatic carbocycles. The molecule has 1 saturated heterocycles. The van der Waals surface area contributed by atoms with Gasteiger partial charge >= 0.3 is 12.1 Å². The summed E-state index contributed by atoms with van der Waals surface area (Å²) in [4.78, 5) is 21.9. The Morgan fingerprint density at radius 2 is 1.74 bits per heavy atom. The molecule has 252 valence electrons. The standard InChI is InChI=1S/C35H47F3N2O5Si/c1-20(2)28-26-27(34(14-16-42-17-15-34)44-30(26)22-10-11-24(39-19-22)35(36,37)38)25-23(45-46(7,8)32(4,5)6)18-33(12-9-13-33)31(29(25)40-28)43-21(3)41/h10-11,19-20,23,30-31H,9,12-18H2,1-8H3/t23?,30-,31+/m1/s1. The van der Waals surface area contributed by atoms with Crippen LogP contribution in [0.25, 0.3) is 0 Å². The number of ether oxygens (including phenoxy) is 3. The molecule has 2 aliphatic heterocycles. The lowest BCUT2D eigenvalue weighted by Gasteiger charge is -2.54. The summed E-state index contributed by atoms with van der Waals surface area (Å²) in [5.41, 5.74) is 2.97. The fourth-order valence-electron chi connectivity index (χ4n) is 7.69. The van der Waals surface area contributed by atoms with E-state index in [9.17, 15) is 18.0 Å². The molecule has 0 radical (unpaired) electrons. The summed E-state index contributed by atoms with van der Waals surface area (Å²) in [6.07, 6.45) is 0.0253. The van der Waals surface area contributed by atoms with Crippen molar-refractivity contribution < 1.29 is 36.6 Å². The molecular formula is C35H47F3N2O5Si. The zero-order valence-electron chi connectivity index (χ0n) is 28.3. The summed E-state index contributed by atoms with van der Waals surface area (Å²) < 4.78 is 67.0. The maximum absolute atomic E-state index is 13.5. The number of fused-ring (bicyclic) bond motifs is 4. The second kappa shape index (κ2) is 11.4. The van der Waals surface area contributed by atoms with Crippen molar-refractivity contribution in [2.75, 3.05) is 13.2 Å². The van der Waals surface area contributed by atoms with Gasteiger partial charge in [-0.3, -0.25) is 14.8 Å². The number of hydrogen-bond donors (Lipinski definition) is 0. The van der Waals surface area contributed by atoms with Crippen molar-refractivity contribution in [3.63, 3.8) is 0 Å². The molecule has 2 aromatic heterocycles. The molecule has 6 rings (SSSR count). The van der Waals surface area contributed by atoms with Crippen molar-refractivity contribution in [1.82, 2.24) is 9.97 Å². The topological polar surface area (TPSA) is 79.8 Å². The van der Waals surface area contributed by atoms with Gasteiger partial charge in [-0.15, -0.1) is 0 Å². The Labute approximate surface area is 271 Å². The molecule has 0 amide bonds. The highest BCUT2D eigenvalue weighted by atomic mass is 28.4. The van der Waals surface area contributed by atoms with Gasteiger partial charge in [0, 0.05) is 67.0 Å². The first-order valence-corrected chi connectivity index (χ1v) is 19.5. The largest absolute Gasteiger partial charge is 0.455 e. The molecule has 0 bridgehead atoms. The zero-order chi connectivity index (χ0) is 33.4. The van der Waals surface area contributed by atoms with E-state index in [0.29, 0.717) is 38.0 Å². The van der Waals surface area contributed by atoms with Gasteiger partial charge in [-0.2, -0.15) is 13.2 Å². The first kappa shape index (κ1) is 33.6. The van der Waals surface area contributed by atoms with Crippen LogP contribution in [0.15, 0.2) is 18.3 Å². The molecule has 46 heavy (non-hydrogen) atoms. The third-order valence-electron chi connectivity index (χ3n) is 11.2. The van der Waals surface area contributed by atoms with E-state index in [1.807, 2.05) is 0 Å². The van der Waals surface area contributed by atoms with Gasteiger partial charge in [-0.05, 0) is 54.9 Å². The van der Waals surface area contributed by atoms with Crippen LogP contribution in [0.3, 0.4) is 0 Å². The number of nitrogens with zero attached hydrogens (tertiary/aromatic N) is 2. The first-order chi connectivity index (χ1) is 21.4. The van der Waals surface area contributed by atoms with E-state index in [-0.39, 0.29) is 28.4 Å². The molecule has 0 aromatic carbocycles. The number of pyridine rings is 2. The molecule has 4 aliphatic rings. The molecule has 2 spiro atoms. The number of aromatic nitrogens is 2. The fourth-order valence-corrected chi connectivity index (χ4v) is 8.96. The second-order valence-electron chi connectivity index (χ2n) is 15.6. The summed E-state index contributed by atoms with van der Waals surface area (Å²) >= 11 is 0. The summed E-state index contributed by atoms with van der Waals surface area (Å²) in [7, 11) is -2.32. The van der Waals surface area contributed by atoms with Gasteiger partial charge in [0.25, 0.3) is 0 Å². The van der Waals surface area contributed by atoms with Crippen LogP contribution in [0.1, 0.15) is 144 Å². The predicted molar refractivity (Wildman–Crippen MR) is 169 cm³/mol. The van der Waals surface area contributed by atoms with Crippen molar-refractivity contribution in [1.29, 1.82) is 0 Å². The van der Waals surface area contributed by atoms with Gasteiger partial charge in [0.2, 0.25) is 0 Å². The summed E-state index contributed by atoms with van der Waals surface area (Å²) in [5.74, 6) is -0.385. The van der Waals surface area contributed by atoms with Crippen LogP contribution in [0.4, 0.5) is 13.2 Å². The second-order valence-corrected chi connectivity index (χ2v) is 20.4. The number of carbonyl (C=O) groups is 1. The van der Waals surface area contributed by atoms with Crippen LogP contribution in [0.2, 0.25) is 18.1 Å². The Balaban J connectivity index is 1.64. The summed E-state index contributed by atoms with van der Waals surface area (Å²) in [6, 6.07) is 2.50. The molecule has 0 N–H and O–H groups in total. The van der Waals surface area contributed by atoms with E-state index in [1.165, 1.54) is 19.2 Å². The molecule has 1 saturated carbocycles. The van der Waals surface area contributed by atoms with Gasteiger partial charge in [0.1, 0.15) is 17.9 Å². The minimum absolute atomic E-state index is 0.0421. The van der Waals surface area contributed by atoms with Gasteiger partial charge < -0.3 is 18.6 Å². The monoisotopic (exact) mass is 660 g/mol. The SMILES string of the molecule is CC(=O)O[C@H]1c2nc(C(C)C)c3c(c2C(O[Si](C)(C)C(C)(C)C)CC12CCC2)C1(CCOCC1)O[C@@H]3c1ccc(C(F)(F)F)nc1. The maximum Gasteiger partial charge on any atom is 0.433 e. The number of carbonyl (C=O) groups excluding carboxylic acids is 1. The van der Waals surface area contributed by atoms with E-state index >= 15 is 0 Å². The van der Waals surface area contributed by atoms with Crippen molar-refractivity contribution in [3.05, 3.63) is 57.7 Å². The Kier molecular flexibility index (Phi) is 8.30. The normalized spacial score (nSPS) is 25.3. The van der Waals surface area contributed by atoms with E-state index < -0.39 is 38.0 Å². The smallest absolute Gasteiger partial charge is 0.433 e. The Bertz CT molecular complexity index is 1490. The number of halogens is 3. The quantitative estimate of drug-likeness (QED) is 0.234. The maximum atomic E-state index is 13.5. The molecule has 2 fully saturated rings. The number of esters is 1. The number of rotatable bonds is 5. The highest BCUT2D eigenvalue weighted by molar-refractivity contribution is 6.74. The van der Waals surface area contributed by atoms with Crippen molar-refractivity contribution in [3.8, 4) is 0 Å². The van der Waals surface area contributed by atoms with Crippen LogP contribution >= 0.6 is 0 Å². The molecular weight excluding hydrogens is 613 g/mol. The van der Waals surface area contributed by atoms with Gasteiger partial charge in [-0.1, -0.05) is 47.1 Å². The predicted octanol–water partition coefficient (Wildman–Crippen LogP) is 8.99. The first-order valence-electron chi connectivity index (χ1n) is 16.6. The minimum Gasteiger partial charge on any atom is -0.455 e. The highest BCUT2D eigenvalue weighted by Crippen LogP contribution is 2.65. The van der Waals surface area contributed by atoms with E-state index in [0.717, 1.165) is 53.4 Å². The zero-order valence-corrected chi connectivity index (χ0v) is 29.3. The van der Waals surface area contributed by atoms with E-state index in [4.69, 9.17) is 23.6 Å². The van der Waals surface area contributed by atoms with Crippen LogP contribution in [0.5, 0.6) is 0 Å². The highest BCUT2D eigenvalue weighted by Gasteiger charge is 2.59. The summed E-state index contributed by atoms with van der Waals surface area (Å²) in [6.45, 7) is 17.8. The van der Waals surface area contributed by atoms with Gasteiger partial charge in [0.15, 0.2) is 8.32 Å². The Hall–Kier alpha value is -2.34. The third kappa shape index (κ3) is 5.52. The number of hydrogen-bond acceptors (Lipinski definition) is 7. The summed E-state index contributed by atoms with van der Waals surface area (Å²) in [5, 5.41) is -0.0531. The lowest BCUT2D eigenvalue weighted by atomic mass is 9.57. The molecule has 4 heterocycles. The Morgan fingerprint density at radius 3 is 2.24 bits per heavy atom. The van der Waals surface area contributed by atoms with Crippen molar-refractivity contribution in [2.45, 2.75) is 134 Å².